The Kier molecular flexibility index (Phi) is 6.14. The highest BCUT2D eigenvalue weighted by atomic mass is 32.2. The number of aromatic nitrogens is 2. The largest absolute Gasteiger partial charge is 0.433 e. The lowest BCUT2D eigenvalue weighted by Gasteiger charge is -2.10. The molecule has 29 heavy (non-hydrogen) atoms. The van der Waals surface area contributed by atoms with E-state index >= 15 is 0 Å². The van der Waals surface area contributed by atoms with Crippen molar-refractivity contribution in [1.29, 1.82) is 0 Å². The second-order valence-corrected chi connectivity index (χ2v) is 7.84. The van der Waals surface area contributed by atoms with Crippen molar-refractivity contribution >= 4 is 16.0 Å². The van der Waals surface area contributed by atoms with Gasteiger partial charge in [0.1, 0.15) is 5.69 Å². The van der Waals surface area contributed by atoms with E-state index in [0.29, 0.717) is 5.56 Å². The van der Waals surface area contributed by atoms with Gasteiger partial charge in [-0.1, -0.05) is 42.5 Å². The molecule has 1 aromatic heterocycles. The van der Waals surface area contributed by atoms with Gasteiger partial charge in [0, 0.05) is 19.3 Å². The highest BCUT2D eigenvalue weighted by molar-refractivity contribution is 7.89. The van der Waals surface area contributed by atoms with E-state index in [-0.39, 0.29) is 23.9 Å². The van der Waals surface area contributed by atoms with Gasteiger partial charge in [-0.15, -0.1) is 0 Å². The summed E-state index contributed by atoms with van der Waals surface area (Å²) in [7, 11) is -3.68. The molecule has 0 aliphatic rings. The van der Waals surface area contributed by atoms with Gasteiger partial charge in [-0.3, -0.25) is 0 Å². The number of nitrogens with zero attached hydrogens (tertiary/aromatic N) is 2. The lowest BCUT2D eigenvalue weighted by Crippen LogP contribution is -2.23. The smallest absolute Gasteiger partial charge is 0.350 e. The fraction of sp³-hybridized carbons (Fsp3) is 0.158. The van der Waals surface area contributed by atoms with Crippen molar-refractivity contribution in [3.8, 4) is 0 Å². The van der Waals surface area contributed by atoms with Gasteiger partial charge in [-0.05, 0) is 29.3 Å². The number of alkyl halides is 3. The molecule has 152 valence electrons. The zero-order chi connectivity index (χ0) is 20.9. The quantitative estimate of drug-likeness (QED) is 0.608. The van der Waals surface area contributed by atoms with Crippen LogP contribution in [0.15, 0.2) is 71.8 Å². The van der Waals surface area contributed by atoms with Crippen molar-refractivity contribution in [2.75, 3.05) is 5.32 Å². The summed E-state index contributed by atoms with van der Waals surface area (Å²) in [5.41, 5.74) is 0.451. The van der Waals surface area contributed by atoms with Crippen molar-refractivity contribution in [2.24, 2.45) is 0 Å². The van der Waals surface area contributed by atoms with Gasteiger partial charge in [-0.2, -0.15) is 13.2 Å². The van der Waals surface area contributed by atoms with Crippen molar-refractivity contribution < 1.29 is 21.6 Å². The average molecular weight is 422 g/mol. The fourth-order valence-electron chi connectivity index (χ4n) is 2.43. The van der Waals surface area contributed by atoms with Crippen LogP contribution >= 0.6 is 0 Å². The van der Waals surface area contributed by atoms with Gasteiger partial charge < -0.3 is 5.32 Å². The minimum atomic E-state index is -4.55. The second-order valence-electron chi connectivity index (χ2n) is 6.07. The zero-order valence-corrected chi connectivity index (χ0v) is 15.8. The van der Waals surface area contributed by atoms with Crippen LogP contribution in [0.1, 0.15) is 16.8 Å². The van der Waals surface area contributed by atoms with E-state index < -0.39 is 21.9 Å². The normalized spacial score (nSPS) is 12.0. The Balaban J connectivity index is 1.61. The SMILES string of the molecule is O=S(=O)(NCc1ccccc1)c1ccc(CNc2nccc(C(F)(F)F)n2)cc1. The molecule has 6 nitrogen and oxygen atoms in total. The molecule has 0 radical (unpaired) electrons. The number of benzene rings is 2. The summed E-state index contributed by atoms with van der Waals surface area (Å²) in [6, 6.07) is 15.9. The van der Waals surface area contributed by atoms with Crippen LogP contribution in [0.5, 0.6) is 0 Å². The first-order valence-electron chi connectivity index (χ1n) is 8.51. The predicted molar refractivity (Wildman–Crippen MR) is 101 cm³/mol. The number of rotatable bonds is 7. The number of sulfonamides is 1. The highest BCUT2D eigenvalue weighted by Gasteiger charge is 2.32. The molecule has 0 spiro atoms. The molecule has 1 heterocycles. The molecule has 0 aliphatic heterocycles. The molecule has 0 amide bonds. The van der Waals surface area contributed by atoms with Gasteiger partial charge in [0.05, 0.1) is 4.90 Å². The molecular weight excluding hydrogens is 405 g/mol. The van der Waals surface area contributed by atoms with Crippen molar-refractivity contribution in [2.45, 2.75) is 24.2 Å². The van der Waals surface area contributed by atoms with Gasteiger partial charge in [0.2, 0.25) is 16.0 Å². The van der Waals surface area contributed by atoms with E-state index in [2.05, 4.69) is 20.0 Å². The minimum absolute atomic E-state index is 0.0903. The van der Waals surface area contributed by atoms with E-state index in [0.717, 1.165) is 17.8 Å². The first kappa shape index (κ1) is 20.7. The number of nitrogens with one attached hydrogen (secondary N) is 2. The first-order chi connectivity index (χ1) is 13.7. The third-order valence-electron chi connectivity index (χ3n) is 3.94. The Morgan fingerprint density at radius 1 is 0.862 bits per heavy atom. The average Bonchev–Trinajstić information content (AvgIpc) is 2.71. The molecule has 3 aromatic rings. The van der Waals surface area contributed by atoms with E-state index in [9.17, 15) is 21.6 Å². The summed E-state index contributed by atoms with van der Waals surface area (Å²) < 4.78 is 65.3. The van der Waals surface area contributed by atoms with Gasteiger partial charge >= 0.3 is 6.18 Å². The number of halogens is 3. The van der Waals surface area contributed by atoms with Gasteiger partial charge in [-0.25, -0.2) is 23.1 Å². The van der Waals surface area contributed by atoms with Gasteiger partial charge in [0.25, 0.3) is 0 Å². The van der Waals surface area contributed by atoms with Crippen molar-refractivity contribution in [3.05, 3.63) is 83.7 Å². The zero-order valence-electron chi connectivity index (χ0n) is 15.0. The number of anilines is 1. The van der Waals surface area contributed by atoms with E-state index in [4.69, 9.17) is 0 Å². The number of hydrogen-bond donors (Lipinski definition) is 2. The maximum atomic E-state index is 12.7. The molecule has 0 fully saturated rings. The molecule has 0 atom stereocenters. The lowest BCUT2D eigenvalue weighted by atomic mass is 10.2. The topological polar surface area (TPSA) is 84.0 Å². The van der Waals surface area contributed by atoms with Crippen LogP contribution in [0.25, 0.3) is 0 Å². The Morgan fingerprint density at radius 3 is 2.17 bits per heavy atom. The first-order valence-corrected chi connectivity index (χ1v) is 9.99. The molecular formula is C19H17F3N4O2S. The van der Waals surface area contributed by atoms with Crippen LogP contribution in [-0.4, -0.2) is 18.4 Å². The molecule has 0 bridgehead atoms. The monoisotopic (exact) mass is 422 g/mol. The third-order valence-corrected chi connectivity index (χ3v) is 5.36. The Bertz CT molecular complexity index is 1060. The van der Waals surface area contributed by atoms with Crippen LogP contribution in [0, 0.1) is 0 Å². The number of hydrogen-bond acceptors (Lipinski definition) is 5. The van der Waals surface area contributed by atoms with Gasteiger partial charge in [0.15, 0.2) is 0 Å². The molecule has 3 rings (SSSR count). The maximum Gasteiger partial charge on any atom is 0.433 e. The molecule has 10 heteroatoms. The summed E-state index contributed by atoms with van der Waals surface area (Å²) in [5.74, 6) is -0.166. The summed E-state index contributed by atoms with van der Waals surface area (Å²) in [6.07, 6.45) is -3.53. The van der Waals surface area contributed by atoms with Crippen LogP contribution in [0.4, 0.5) is 19.1 Å². The Labute approximate surface area is 165 Å². The standard InChI is InChI=1S/C19H17F3N4O2S/c20-19(21,22)17-10-11-23-18(26-17)24-12-15-6-8-16(9-7-15)29(27,28)25-13-14-4-2-1-3-5-14/h1-11,25H,12-13H2,(H,23,24,26). The van der Waals surface area contributed by atoms with E-state index in [1.54, 1.807) is 12.1 Å². The molecule has 0 saturated carbocycles. The Morgan fingerprint density at radius 2 is 1.52 bits per heavy atom. The summed E-state index contributed by atoms with van der Waals surface area (Å²) in [5, 5.41) is 2.69. The van der Waals surface area contributed by atoms with Crippen LogP contribution in [0.2, 0.25) is 0 Å². The highest BCUT2D eigenvalue weighted by Crippen LogP contribution is 2.27. The molecule has 0 saturated heterocycles. The van der Waals surface area contributed by atoms with Crippen LogP contribution in [-0.2, 0) is 29.3 Å². The minimum Gasteiger partial charge on any atom is -0.350 e. The molecule has 0 unspecified atom stereocenters. The Hall–Kier alpha value is -2.98. The lowest BCUT2D eigenvalue weighted by molar-refractivity contribution is -0.141. The fourth-order valence-corrected chi connectivity index (χ4v) is 3.44. The van der Waals surface area contributed by atoms with Crippen LogP contribution in [0.3, 0.4) is 0 Å². The van der Waals surface area contributed by atoms with E-state index in [1.165, 1.54) is 12.1 Å². The third kappa shape index (κ3) is 5.75. The van der Waals surface area contributed by atoms with Crippen molar-refractivity contribution in [3.63, 3.8) is 0 Å². The molecule has 2 N–H and O–H groups in total. The molecule has 2 aromatic carbocycles. The molecule has 0 aliphatic carbocycles. The summed E-state index contributed by atoms with van der Waals surface area (Å²) in [6.45, 7) is 0.304. The van der Waals surface area contributed by atoms with Crippen LogP contribution < -0.4 is 10.0 Å². The summed E-state index contributed by atoms with van der Waals surface area (Å²) in [4.78, 5) is 7.26. The predicted octanol–water partition coefficient (Wildman–Crippen LogP) is 3.59. The maximum absolute atomic E-state index is 12.7. The second kappa shape index (κ2) is 8.58. The summed E-state index contributed by atoms with van der Waals surface area (Å²) >= 11 is 0. The van der Waals surface area contributed by atoms with E-state index in [1.807, 2.05) is 30.3 Å². The van der Waals surface area contributed by atoms with Crippen molar-refractivity contribution in [1.82, 2.24) is 14.7 Å².